The number of hydrogen-bond donors (Lipinski definition) is 1. The van der Waals surface area contributed by atoms with Crippen molar-refractivity contribution in [2.24, 2.45) is 0 Å². The third-order valence-electron chi connectivity index (χ3n) is 6.76. The molecule has 3 aromatic rings. The van der Waals surface area contributed by atoms with Crippen LogP contribution in [0.25, 0.3) is 11.3 Å². The fourth-order valence-electron chi connectivity index (χ4n) is 4.95. The molecule has 7 nitrogen and oxygen atoms in total. The molecule has 1 fully saturated rings. The van der Waals surface area contributed by atoms with Gasteiger partial charge < -0.3 is 14.7 Å². The van der Waals surface area contributed by atoms with Crippen LogP contribution < -0.4 is 5.56 Å². The van der Waals surface area contributed by atoms with Crippen molar-refractivity contribution in [3.8, 4) is 11.3 Å². The molecule has 1 N–H and O–H groups in total. The molecule has 2 heterocycles. The zero-order valence-electron chi connectivity index (χ0n) is 21.6. The number of carbonyl (C=O) groups excluding carboxylic acids is 1. The number of aliphatic hydroxyl groups is 1. The normalized spacial score (nSPS) is 19.3. The summed E-state index contributed by atoms with van der Waals surface area (Å²) in [5, 5.41) is 15.1. The minimum atomic E-state index is -0.994. The number of benzene rings is 2. The van der Waals surface area contributed by atoms with Crippen LogP contribution in [0.3, 0.4) is 0 Å². The number of rotatable bonds is 7. The second-order valence-corrected chi connectivity index (χ2v) is 10.6. The monoisotopic (exact) mass is 489 g/mol. The van der Waals surface area contributed by atoms with Crippen molar-refractivity contribution in [2.75, 3.05) is 6.54 Å². The highest BCUT2D eigenvalue weighted by Gasteiger charge is 2.46. The molecule has 1 amide bonds. The molecule has 2 aromatic carbocycles. The van der Waals surface area contributed by atoms with Gasteiger partial charge in [0.05, 0.1) is 23.4 Å². The van der Waals surface area contributed by atoms with E-state index in [1.807, 2.05) is 75.4 Å². The molecule has 1 aliphatic heterocycles. The molecule has 0 spiro atoms. The second kappa shape index (κ2) is 9.90. The Morgan fingerprint density at radius 1 is 1.00 bits per heavy atom. The summed E-state index contributed by atoms with van der Waals surface area (Å²) >= 11 is 0. The third kappa shape index (κ3) is 5.36. The summed E-state index contributed by atoms with van der Waals surface area (Å²) in [6.45, 7) is 9.82. The van der Waals surface area contributed by atoms with E-state index in [4.69, 9.17) is 4.74 Å². The number of nitrogens with zero attached hydrogens (tertiary/aromatic N) is 3. The first kappa shape index (κ1) is 25.6. The van der Waals surface area contributed by atoms with Gasteiger partial charge in [-0.3, -0.25) is 4.79 Å². The van der Waals surface area contributed by atoms with E-state index in [9.17, 15) is 14.7 Å². The number of aromatic nitrogens is 2. The highest BCUT2D eigenvalue weighted by Crippen LogP contribution is 2.42. The minimum Gasteiger partial charge on any atom is -0.438 e. The van der Waals surface area contributed by atoms with Crippen LogP contribution in [0.1, 0.15) is 70.7 Å². The van der Waals surface area contributed by atoms with Crippen LogP contribution in [0, 0.1) is 0 Å². The second-order valence-electron chi connectivity index (χ2n) is 10.6. The Bertz CT molecular complexity index is 1260. The van der Waals surface area contributed by atoms with Crippen LogP contribution in [0.15, 0.2) is 71.5 Å². The summed E-state index contributed by atoms with van der Waals surface area (Å²) in [5.41, 5.74) is 1.50. The van der Waals surface area contributed by atoms with E-state index in [0.29, 0.717) is 19.4 Å². The minimum absolute atomic E-state index is 0.0266. The van der Waals surface area contributed by atoms with Crippen molar-refractivity contribution in [2.45, 2.75) is 70.7 Å². The van der Waals surface area contributed by atoms with Gasteiger partial charge in [-0.1, -0.05) is 54.6 Å². The smallest absolute Gasteiger partial charge is 0.411 e. The molecule has 1 aliphatic rings. The standard InChI is InChI=1S/C29H35N3O4/c1-20(2)32-26(33)16-15-25(30-32)23-13-11-22(12-14-23)21(3)31-18-17-29(36-27(31)34,19-28(4,5)35)24-9-7-6-8-10-24/h6-16,20-21,35H,17-19H2,1-5H3/t21-,29?/m0/s1. The number of cyclic esters (lactones) is 1. The van der Waals surface area contributed by atoms with E-state index in [1.165, 1.54) is 10.7 Å². The predicted molar refractivity (Wildman–Crippen MR) is 140 cm³/mol. The molecule has 1 saturated heterocycles. The van der Waals surface area contributed by atoms with Gasteiger partial charge in [0.25, 0.3) is 5.56 Å². The molecular weight excluding hydrogens is 454 g/mol. The van der Waals surface area contributed by atoms with Crippen LogP contribution in [0.2, 0.25) is 0 Å². The van der Waals surface area contributed by atoms with E-state index in [-0.39, 0.29) is 17.6 Å². The molecular formula is C29H35N3O4. The Morgan fingerprint density at radius 3 is 2.25 bits per heavy atom. The molecule has 36 heavy (non-hydrogen) atoms. The van der Waals surface area contributed by atoms with Crippen LogP contribution in [0.5, 0.6) is 0 Å². The Hall–Kier alpha value is -3.45. The van der Waals surface area contributed by atoms with Crippen molar-refractivity contribution < 1.29 is 14.6 Å². The fraction of sp³-hybridized carbons (Fsp3) is 0.414. The van der Waals surface area contributed by atoms with Crippen LogP contribution in [-0.4, -0.2) is 38.0 Å². The van der Waals surface area contributed by atoms with Crippen LogP contribution >= 0.6 is 0 Å². The van der Waals surface area contributed by atoms with Crippen LogP contribution in [-0.2, 0) is 10.3 Å². The molecule has 0 saturated carbocycles. The van der Waals surface area contributed by atoms with Crippen molar-refractivity contribution in [1.29, 1.82) is 0 Å². The Labute approximate surface area is 212 Å². The van der Waals surface area contributed by atoms with Crippen molar-refractivity contribution in [1.82, 2.24) is 14.7 Å². The van der Waals surface area contributed by atoms with Gasteiger partial charge >= 0.3 is 6.09 Å². The predicted octanol–water partition coefficient (Wildman–Crippen LogP) is 5.45. The molecule has 1 aromatic heterocycles. The lowest BCUT2D eigenvalue weighted by atomic mass is 9.80. The summed E-state index contributed by atoms with van der Waals surface area (Å²) in [4.78, 5) is 27.1. The topological polar surface area (TPSA) is 84.7 Å². The molecule has 0 aliphatic carbocycles. The highest BCUT2D eigenvalue weighted by atomic mass is 16.6. The van der Waals surface area contributed by atoms with Crippen molar-refractivity contribution >= 4 is 6.09 Å². The van der Waals surface area contributed by atoms with Gasteiger partial charge in [0.15, 0.2) is 0 Å². The summed E-state index contributed by atoms with van der Waals surface area (Å²) in [6, 6.07) is 20.6. The maximum absolute atomic E-state index is 13.3. The van der Waals surface area contributed by atoms with Gasteiger partial charge in [-0.25, -0.2) is 9.48 Å². The maximum Gasteiger partial charge on any atom is 0.411 e. The van der Waals surface area contributed by atoms with E-state index in [2.05, 4.69) is 5.10 Å². The van der Waals surface area contributed by atoms with Gasteiger partial charge in [-0.15, -0.1) is 0 Å². The maximum atomic E-state index is 13.3. The van der Waals surface area contributed by atoms with Gasteiger partial charge in [0, 0.05) is 31.0 Å². The number of carbonyl (C=O) groups is 1. The average Bonchev–Trinajstić information content (AvgIpc) is 2.83. The highest BCUT2D eigenvalue weighted by molar-refractivity contribution is 5.70. The summed E-state index contributed by atoms with van der Waals surface area (Å²) in [6.07, 6.45) is 0.505. The lowest BCUT2D eigenvalue weighted by Gasteiger charge is -2.45. The first-order valence-electron chi connectivity index (χ1n) is 12.5. The quantitative estimate of drug-likeness (QED) is 0.477. The van der Waals surface area contributed by atoms with Gasteiger partial charge in [-0.2, -0.15) is 5.10 Å². The first-order valence-corrected chi connectivity index (χ1v) is 12.5. The van der Waals surface area contributed by atoms with E-state index in [0.717, 1.165) is 22.4 Å². The van der Waals surface area contributed by atoms with E-state index < -0.39 is 17.3 Å². The third-order valence-corrected chi connectivity index (χ3v) is 6.76. The Balaban J connectivity index is 1.54. The Morgan fingerprint density at radius 2 is 1.67 bits per heavy atom. The molecule has 4 rings (SSSR count). The zero-order valence-corrected chi connectivity index (χ0v) is 21.6. The summed E-state index contributed by atoms with van der Waals surface area (Å²) in [5.74, 6) is 0. The number of amides is 1. The lowest BCUT2D eigenvalue weighted by Crippen LogP contribution is -2.51. The first-order chi connectivity index (χ1) is 17.0. The Kier molecular flexibility index (Phi) is 7.05. The van der Waals surface area contributed by atoms with Crippen molar-refractivity contribution in [3.05, 3.63) is 88.2 Å². The number of ether oxygens (including phenoxy) is 1. The molecule has 1 unspecified atom stereocenters. The molecule has 190 valence electrons. The number of hydrogen-bond acceptors (Lipinski definition) is 5. The zero-order chi connectivity index (χ0) is 26.1. The van der Waals surface area contributed by atoms with E-state index >= 15 is 0 Å². The van der Waals surface area contributed by atoms with Gasteiger partial charge in [0.1, 0.15) is 5.60 Å². The SMILES string of the molecule is CC(C)n1nc(-c2ccc([C@H](C)N3CCC(CC(C)(C)O)(c4ccccc4)OC3=O)cc2)ccc1=O. The van der Waals surface area contributed by atoms with Crippen LogP contribution in [0.4, 0.5) is 4.79 Å². The van der Waals surface area contributed by atoms with Crippen molar-refractivity contribution in [3.63, 3.8) is 0 Å². The van der Waals surface area contributed by atoms with Gasteiger partial charge in [0.2, 0.25) is 0 Å². The van der Waals surface area contributed by atoms with Gasteiger partial charge in [-0.05, 0) is 51.8 Å². The summed E-state index contributed by atoms with van der Waals surface area (Å²) in [7, 11) is 0. The summed E-state index contributed by atoms with van der Waals surface area (Å²) < 4.78 is 7.59. The molecule has 0 radical (unpaired) electrons. The molecule has 0 bridgehead atoms. The largest absolute Gasteiger partial charge is 0.438 e. The lowest BCUT2D eigenvalue weighted by molar-refractivity contribution is -0.101. The average molecular weight is 490 g/mol. The molecule has 7 heteroatoms. The van der Waals surface area contributed by atoms with E-state index in [1.54, 1.807) is 24.8 Å². The molecule has 2 atom stereocenters. The fourth-order valence-corrected chi connectivity index (χ4v) is 4.95.